The summed E-state index contributed by atoms with van der Waals surface area (Å²) in [6.45, 7) is 2.04. The molecule has 0 aliphatic heterocycles. The highest BCUT2D eigenvalue weighted by Gasteiger charge is 2.46. The van der Waals surface area contributed by atoms with E-state index in [1.807, 2.05) is 6.07 Å². The van der Waals surface area contributed by atoms with Gasteiger partial charge >= 0.3 is 31.8 Å². The smallest absolute Gasteiger partial charge is 0.427 e. The van der Waals surface area contributed by atoms with Crippen LogP contribution in [0.25, 0.3) is 21.1 Å². The Morgan fingerprint density at radius 2 is 1.08 bits per heavy atom. The van der Waals surface area contributed by atoms with E-state index in [0.29, 0.717) is 49.4 Å². The second-order valence-electron chi connectivity index (χ2n) is 16.2. The molecule has 0 spiro atoms. The number of nitriles is 2. The van der Waals surface area contributed by atoms with E-state index in [4.69, 9.17) is 24.8 Å². The first-order chi connectivity index (χ1) is 33.7. The van der Waals surface area contributed by atoms with Gasteiger partial charge in [0.05, 0.1) is 51.6 Å². The third-order valence-electron chi connectivity index (χ3n) is 10.6. The molecular formula is C46H36BBrF12N6O4S2. The van der Waals surface area contributed by atoms with Crippen molar-refractivity contribution in [2.24, 2.45) is 0 Å². The minimum Gasteiger partial charge on any atom is -0.427 e. The normalized spacial score (nSPS) is 14.8. The topological polar surface area (TPSA) is 158 Å². The molecule has 0 saturated heterocycles. The van der Waals surface area contributed by atoms with Crippen LogP contribution in [0.15, 0.2) is 77.5 Å². The lowest BCUT2D eigenvalue weighted by molar-refractivity contribution is -0.226. The predicted octanol–water partition coefficient (Wildman–Crippen LogP) is 13.7. The number of halogens is 13. The van der Waals surface area contributed by atoms with Gasteiger partial charge in [0.25, 0.3) is 0 Å². The summed E-state index contributed by atoms with van der Waals surface area (Å²) < 4.78 is 170. The molecule has 6 aromatic rings. The molecular weight excluding hydrogens is 1080 g/mol. The highest BCUT2D eigenvalue weighted by molar-refractivity contribution is 9.10. The molecule has 72 heavy (non-hydrogen) atoms. The van der Waals surface area contributed by atoms with Gasteiger partial charge in [0.1, 0.15) is 27.5 Å². The first-order valence-corrected chi connectivity index (χ1v) is 23.6. The van der Waals surface area contributed by atoms with Gasteiger partial charge in [-0.3, -0.25) is 9.97 Å². The van der Waals surface area contributed by atoms with Gasteiger partial charge in [-0.2, -0.15) is 63.2 Å². The van der Waals surface area contributed by atoms with Crippen molar-refractivity contribution in [1.29, 1.82) is 10.5 Å². The Morgan fingerprint density at radius 1 is 0.653 bits per heavy atom. The lowest BCUT2D eigenvalue weighted by Gasteiger charge is -2.20. The van der Waals surface area contributed by atoms with Crippen molar-refractivity contribution in [3.63, 3.8) is 0 Å². The molecule has 8 rings (SSSR count). The van der Waals surface area contributed by atoms with Crippen LogP contribution >= 0.6 is 38.6 Å². The second kappa shape index (κ2) is 22.7. The summed E-state index contributed by atoms with van der Waals surface area (Å²) in [5, 5.41) is 34.9. The zero-order chi connectivity index (χ0) is 52.9. The molecule has 0 bridgehead atoms. The van der Waals surface area contributed by atoms with Crippen LogP contribution in [-0.4, -0.2) is 49.5 Å². The fourth-order valence-electron chi connectivity index (χ4n) is 6.59. The van der Waals surface area contributed by atoms with Crippen molar-refractivity contribution in [3.05, 3.63) is 138 Å². The fourth-order valence-corrected chi connectivity index (χ4v) is 9.37. The quantitative estimate of drug-likeness (QED) is 0.0892. The number of hydrogen-bond acceptors (Lipinski definition) is 12. The number of ether oxygens (including phenoxy) is 2. The summed E-state index contributed by atoms with van der Waals surface area (Å²) in [6, 6.07) is 17.1. The van der Waals surface area contributed by atoms with Gasteiger partial charge < -0.3 is 19.5 Å². The maximum Gasteiger partial charge on any atom is 0.454 e. The number of rotatable bonds is 12. The SMILES string of the molecule is Cc1nc(-c2ccc(C(F)(F)F)nc2)sc1C(OCc1ccc(C#N)c(Br)c1)C(F)(F)F.Cc1nc(-c2ccc(C(F)(F)F)nc2)sc1C(OCc1ccc(C#N)c(C2CC2)c1)C(F)(F)F.OB(O)C1CC1. The highest BCUT2D eigenvalue weighted by atomic mass is 79.9. The molecule has 4 aromatic heterocycles. The summed E-state index contributed by atoms with van der Waals surface area (Å²) in [7, 11) is -1.04. The third-order valence-corrected chi connectivity index (χ3v) is 13.8. The Bertz CT molecular complexity index is 2910. The van der Waals surface area contributed by atoms with Gasteiger partial charge in [-0.25, -0.2) is 9.97 Å². The van der Waals surface area contributed by atoms with Crippen molar-refractivity contribution in [2.45, 2.75) is 101 Å². The van der Waals surface area contributed by atoms with Crippen LogP contribution in [0, 0.1) is 36.5 Å². The van der Waals surface area contributed by atoms with Crippen LogP contribution in [0.3, 0.4) is 0 Å². The van der Waals surface area contributed by atoms with E-state index in [9.17, 15) is 57.9 Å². The lowest BCUT2D eigenvalue weighted by atomic mass is 9.84. The Balaban J connectivity index is 0.000000211. The third kappa shape index (κ3) is 14.8. The van der Waals surface area contributed by atoms with Crippen LogP contribution in [-0.2, 0) is 35.0 Å². The number of alkyl halides is 12. The van der Waals surface area contributed by atoms with E-state index in [2.05, 4.69) is 41.9 Å². The predicted molar refractivity (Wildman–Crippen MR) is 243 cm³/mol. The Labute approximate surface area is 419 Å². The largest absolute Gasteiger partial charge is 0.454 e. The average molecular weight is 1120 g/mol. The van der Waals surface area contributed by atoms with E-state index in [1.54, 1.807) is 18.2 Å². The minimum absolute atomic E-state index is 0.0493. The summed E-state index contributed by atoms with van der Waals surface area (Å²) in [6.07, 6.45) is -17.6. The summed E-state index contributed by atoms with van der Waals surface area (Å²) in [5.74, 6) is 0.460. The van der Waals surface area contributed by atoms with Crippen LogP contribution in [0.1, 0.15) is 104 Å². The molecule has 2 N–H and O–H groups in total. The first kappa shape index (κ1) is 55.8. The number of aromatic nitrogens is 4. The molecule has 2 aromatic carbocycles. The number of nitrogens with zero attached hydrogens (tertiary/aromatic N) is 6. The van der Waals surface area contributed by atoms with Crippen molar-refractivity contribution in [3.8, 4) is 33.3 Å². The minimum atomic E-state index is -4.75. The van der Waals surface area contributed by atoms with Crippen molar-refractivity contribution in [2.75, 3.05) is 0 Å². The molecule has 380 valence electrons. The average Bonchev–Trinajstić information content (AvgIpc) is 4.25. The van der Waals surface area contributed by atoms with Gasteiger partial charge in [-0.05, 0) is 114 Å². The molecule has 2 atom stereocenters. The van der Waals surface area contributed by atoms with E-state index in [0.717, 1.165) is 67.9 Å². The molecule has 0 radical (unpaired) electrons. The Kier molecular flexibility index (Phi) is 17.6. The number of thiazole rings is 2. The fraction of sp³-hybridized carbons (Fsp3) is 0.348. The molecule has 2 unspecified atom stereocenters. The zero-order valence-electron chi connectivity index (χ0n) is 37.2. The van der Waals surface area contributed by atoms with Gasteiger partial charge in [-0.15, -0.1) is 22.7 Å². The van der Waals surface area contributed by atoms with Gasteiger partial charge in [0.15, 0.2) is 12.2 Å². The van der Waals surface area contributed by atoms with Crippen LogP contribution in [0.4, 0.5) is 52.7 Å². The monoisotopic (exact) mass is 1120 g/mol. The number of benzene rings is 2. The lowest BCUT2D eigenvalue weighted by Crippen LogP contribution is -2.23. The maximum atomic E-state index is 13.9. The highest BCUT2D eigenvalue weighted by Crippen LogP contribution is 2.46. The van der Waals surface area contributed by atoms with E-state index < -0.39 is 55.4 Å². The van der Waals surface area contributed by atoms with E-state index >= 15 is 0 Å². The molecule has 10 nitrogen and oxygen atoms in total. The standard InChI is InChI=1S/C23H17F6N3OS.C20H12BrF6N3OS.C3H7BO2/c1-12-19(34-21(32-12)16-6-7-18(31-10-16)22(24,25)26)20(23(27,28)29)33-11-13-2-3-15(9-30)17(8-13)14-4-5-14;1-10-16(32-18(30-10)13-4-5-15(29-8-13)19(22,23)24)17(20(25,26)27)31-9-11-2-3-12(7-28)14(21)6-11;5-4(6)3-1-2-3/h2-3,6-8,10,14,20H,4-5,11H2,1H3;2-6,8,17H,9H2,1H3;3,5-6H,1-2H2. The molecule has 2 aliphatic rings. The van der Waals surface area contributed by atoms with Gasteiger partial charge in [0, 0.05) is 28.0 Å². The molecule has 26 heteroatoms. The molecule has 2 aliphatic carbocycles. The zero-order valence-corrected chi connectivity index (χ0v) is 40.4. The molecule has 2 saturated carbocycles. The van der Waals surface area contributed by atoms with Gasteiger partial charge in [-0.1, -0.05) is 31.0 Å². The summed E-state index contributed by atoms with van der Waals surface area (Å²) in [4.78, 5) is 14.5. The Hall–Kier alpha value is -5.48. The summed E-state index contributed by atoms with van der Waals surface area (Å²) >= 11 is 4.55. The van der Waals surface area contributed by atoms with Crippen LogP contribution < -0.4 is 0 Å². The number of pyridine rings is 2. The first-order valence-electron chi connectivity index (χ1n) is 21.1. The van der Waals surface area contributed by atoms with Crippen LogP contribution in [0.5, 0.6) is 0 Å². The number of hydrogen-bond donors (Lipinski definition) is 2. The Morgan fingerprint density at radius 3 is 1.40 bits per heavy atom. The second-order valence-corrected chi connectivity index (χ2v) is 19.2. The van der Waals surface area contributed by atoms with Crippen molar-refractivity contribution in [1.82, 2.24) is 19.9 Å². The number of aryl methyl sites for hydroxylation is 2. The molecule has 2 fully saturated rings. The van der Waals surface area contributed by atoms with Crippen molar-refractivity contribution >= 4 is 45.7 Å². The molecule has 4 heterocycles. The van der Waals surface area contributed by atoms with Crippen LogP contribution in [0.2, 0.25) is 5.82 Å². The maximum absolute atomic E-state index is 13.9. The van der Waals surface area contributed by atoms with Crippen molar-refractivity contribution < 1.29 is 72.2 Å². The summed E-state index contributed by atoms with van der Waals surface area (Å²) in [5.41, 5.74) is 0.829. The molecule has 0 amide bonds. The van der Waals surface area contributed by atoms with E-state index in [1.165, 1.54) is 32.0 Å². The van der Waals surface area contributed by atoms with Gasteiger partial charge in [0.2, 0.25) is 0 Å². The van der Waals surface area contributed by atoms with E-state index in [-0.39, 0.29) is 67.2 Å².